The predicted octanol–water partition coefficient (Wildman–Crippen LogP) is 2.78. The Morgan fingerprint density at radius 1 is 1.32 bits per heavy atom. The van der Waals surface area contributed by atoms with Crippen molar-refractivity contribution in [1.82, 2.24) is 15.1 Å². The molecule has 3 heterocycles. The monoisotopic (exact) mass is 350 g/mol. The largest absolute Gasteiger partial charge is 0.378 e. The van der Waals surface area contributed by atoms with Crippen LogP contribution in [0.25, 0.3) is 0 Å². The van der Waals surface area contributed by atoms with Gasteiger partial charge in [0.2, 0.25) is 0 Å². The van der Waals surface area contributed by atoms with Gasteiger partial charge in [-0.25, -0.2) is 4.79 Å². The molecular formula is C18H30N4O3. The molecule has 3 unspecified atom stereocenters. The van der Waals surface area contributed by atoms with Gasteiger partial charge in [-0.2, -0.15) is 5.10 Å². The quantitative estimate of drug-likeness (QED) is 0.875. The Hall–Kier alpha value is -1.60. The van der Waals surface area contributed by atoms with E-state index >= 15 is 0 Å². The van der Waals surface area contributed by atoms with Crippen LogP contribution in [0.15, 0.2) is 12.4 Å². The molecule has 3 rings (SSSR count). The van der Waals surface area contributed by atoms with E-state index in [-0.39, 0.29) is 29.7 Å². The van der Waals surface area contributed by atoms with E-state index in [1.807, 2.05) is 10.9 Å². The van der Waals surface area contributed by atoms with Gasteiger partial charge in [0.1, 0.15) is 0 Å². The lowest BCUT2D eigenvalue weighted by molar-refractivity contribution is -0.0563. The van der Waals surface area contributed by atoms with Crippen LogP contribution in [0.3, 0.4) is 0 Å². The highest BCUT2D eigenvalue weighted by atomic mass is 16.5. The van der Waals surface area contributed by atoms with Crippen molar-refractivity contribution in [3.05, 3.63) is 12.4 Å². The molecule has 0 aliphatic carbocycles. The minimum Gasteiger partial charge on any atom is -0.378 e. The molecule has 0 bridgehead atoms. The molecule has 1 aromatic heterocycles. The number of ether oxygens (including phenoxy) is 2. The Bertz CT molecular complexity index is 575. The van der Waals surface area contributed by atoms with Crippen molar-refractivity contribution in [2.75, 3.05) is 18.5 Å². The highest BCUT2D eigenvalue weighted by molar-refractivity contribution is 5.89. The first kappa shape index (κ1) is 18.2. The number of rotatable bonds is 4. The maximum atomic E-state index is 12.3. The van der Waals surface area contributed by atoms with E-state index in [4.69, 9.17) is 9.47 Å². The molecule has 2 aliphatic rings. The van der Waals surface area contributed by atoms with Crippen LogP contribution >= 0.6 is 0 Å². The third-order valence-corrected chi connectivity index (χ3v) is 4.89. The predicted molar refractivity (Wildman–Crippen MR) is 95.6 cm³/mol. The first-order valence-electron chi connectivity index (χ1n) is 9.23. The molecule has 7 nitrogen and oxygen atoms in total. The summed E-state index contributed by atoms with van der Waals surface area (Å²) >= 11 is 0. The fraction of sp³-hybridized carbons (Fsp3) is 0.778. The van der Waals surface area contributed by atoms with Gasteiger partial charge in [-0.05, 0) is 31.1 Å². The maximum absolute atomic E-state index is 12.3. The fourth-order valence-electron chi connectivity index (χ4n) is 3.41. The van der Waals surface area contributed by atoms with E-state index in [1.54, 1.807) is 6.20 Å². The van der Waals surface area contributed by atoms with Crippen LogP contribution in [0.1, 0.15) is 46.5 Å². The molecule has 25 heavy (non-hydrogen) atoms. The summed E-state index contributed by atoms with van der Waals surface area (Å²) in [6.07, 6.45) is 7.80. The van der Waals surface area contributed by atoms with Crippen molar-refractivity contribution in [1.29, 1.82) is 0 Å². The van der Waals surface area contributed by atoms with E-state index in [1.165, 1.54) is 0 Å². The molecular weight excluding hydrogens is 320 g/mol. The van der Waals surface area contributed by atoms with Gasteiger partial charge in [0.15, 0.2) is 0 Å². The van der Waals surface area contributed by atoms with Crippen molar-refractivity contribution < 1.29 is 14.3 Å². The zero-order valence-electron chi connectivity index (χ0n) is 15.5. The highest BCUT2D eigenvalue weighted by Crippen LogP contribution is 2.29. The molecule has 0 radical (unpaired) electrons. The summed E-state index contributed by atoms with van der Waals surface area (Å²) in [7, 11) is 0. The summed E-state index contributed by atoms with van der Waals surface area (Å²) in [6.45, 7) is 8.76. The second kappa shape index (κ2) is 7.74. The molecule has 7 heteroatoms. The van der Waals surface area contributed by atoms with Crippen molar-refractivity contribution >= 4 is 11.7 Å². The maximum Gasteiger partial charge on any atom is 0.319 e. The molecule has 2 aliphatic heterocycles. The summed E-state index contributed by atoms with van der Waals surface area (Å²) in [5.74, 6) is 0. The number of carbonyl (C=O) groups excluding carboxylic acids is 1. The minimum atomic E-state index is -0.184. The Labute approximate surface area is 149 Å². The molecule has 2 fully saturated rings. The van der Waals surface area contributed by atoms with Crippen molar-refractivity contribution in [2.24, 2.45) is 5.41 Å². The van der Waals surface area contributed by atoms with E-state index in [0.717, 1.165) is 38.8 Å². The van der Waals surface area contributed by atoms with Gasteiger partial charge >= 0.3 is 6.03 Å². The Morgan fingerprint density at radius 2 is 2.16 bits per heavy atom. The number of anilines is 1. The smallest absolute Gasteiger partial charge is 0.319 e. The SMILES string of the molecule is CC(C)(C)C1CC(NC(=O)Nc2cnn(CC3CCCO3)c2)CCO1. The standard InChI is InChI=1S/C18H30N4O3/c1-18(2,3)16-9-13(6-8-25-16)20-17(23)21-14-10-19-22(11-14)12-15-5-4-7-24-15/h10-11,13,15-16H,4-9,12H2,1-3H3,(H2,20,21,23). The summed E-state index contributed by atoms with van der Waals surface area (Å²) in [5.41, 5.74) is 0.787. The van der Waals surface area contributed by atoms with E-state index < -0.39 is 0 Å². The Balaban J connectivity index is 1.46. The fourth-order valence-corrected chi connectivity index (χ4v) is 3.41. The van der Waals surface area contributed by atoms with Crippen molar-refractivity contribution in [3.63, 3.8) is 0 Å². The molecule has 2 amide bonds. The number of hydrogen-bond donors (Lipinski definition) is 2. The average Bonchev–Trinajstić information content (AvgIpc) is 3.19. The van der Waals surface area contributed by atoms with Crippen LogP contribution < -0.4 is 10.6 Å². The van der Waals surface area contributed by atoms with Gasteiger partial charge in [-0.15, -0.1) is 0 Å². The highest BCUT2D eigenvalue weighted by Gasteiger charge is 2.32. The minimum absolute atomic E-state index is 0.0836. The second-order valence-corrected chi connectivity index (χ2v) is 8.13. The van der Waals surface area contributed by atoms with Crippen molar-refractivity contribution in [3.8, 4) is 0 Å². The molecule has 2 N–H and O–H groups in total. The number of urea groups is 1. The van der Waals surface area contributed by atoms with Crippen LogP contribution in [-0.2, 0) is 16.0 Å². The zero-order valence-corrected chi connectivity index (χ0v) is 15.5. The number of aromatic nitrogens is 2. The van der Waals surface area contributed by atoms with Crippen molar-refractivity contribution in [2.45, 2.75) is 71.2 Å². The van der Waals surface area contributed by atoms with Crippen LogP contribution in [0, 0.1) is 5.41 Å². The van der Waals surface area contributed by atoms with Gasteiger partial charge in [0.05, 0.1) is 30.6 Å². The molecule has 2 saturated heterocycles. The van der Waals surface area contributed by atoms with E-state index in [0.29, 0.717) is 12.3 Å². The van der Waals surface area contributed by atoms with Gasteiger partial charge in [-0.1, -0.05) is 20.8 Å². The first-order chi connectivity index (χ1) is 11.9. The number of hydrogen-bond acceptors (Lipinski definition) is 4. The summed E-state index contributed by atoms with van der Waals surface area (Å²) in [5, 5.41) is 10.2. The molecule has 0 saturated carbocycles. The van der Waals surface area contributed by atoms with Crippen LogP contribution in [0.2, 0.25) is 0 Å². The van der Waals surface area contributed by atoms with Gasteiger partial charge in [0.25, 0.3) is 0 Å². The summed E-state index contributed by atoms with van der Waals surface area (Å²) in [6, 6.07) is -0.0452. The molecule has 1 aromatic rings. The molecule has 140 valence electrons. The average molecular weight is 350 g/mol. The Morgan fingerprint density at radius 3 is 2.88 bits per heavy atom. The summed E-state index contributed by atoms with van der Waals surface area (Å²) in [4.78, 5) is 12.3. The first-order valence-corrected chi connectivity index (χ1v) is 9.23. The lowest BCUT2D eigenvalue weighted by Gasteiger charge is -2.37. The second-order valence-electron chi connectivity index (χ2n) is 8.13. The van der Waals surface area contributed by atoms with Gasteiger partial charge in [-0.3, -0.25) is 4.68 Å². The number of nitrogens with one attached hydrogen (secondary N) is 2. The van der Waals surface area contributed by atoms with Gasteiger partial charge in [0, 0.05) is 25.5 Å². The van der Waals surface area contributed by atoms with Gasteiger partial charge < -0.3 is 20.1 Å². The normalized spacial score (nSPS) is 27.2. The van der Waals surface area contributed by atoms with E-state index in [2.05, 4.69) is 36.5 Å². The lowest BCUT2D eigenvalue weighted by Crippen LogP contribution is -2.46. The third-order valence-electron chi connectivity index (χ3n) is 4.89. The zero-order chi connectivity index (χ0) is 17.9. The van der Waals surface area contributed by atoms with Crippen LogP contribution in [0.4, 0.5) is 10.5 Å². The van der Waals surface area contributed by atoms with Crippen LogP contribution in [0.5, 0.6) is 0 Å². The molecule has 3 atom stereocenters. The third kappa shape index (κ3) is 5.19. The molecule has 0 spiro atoms. The Kier molecular flexibility index (Phi) is 5.64. The number of amides is 2. The lowest BCUT2D eigenvalue weighted by atomic mass is 9.83. The molecule has 0 aromatic carbocycles. The van der Waals surface area contributed by atoms with E-state index in [9.17, 15) is 4.79 Å². The van der Waals surface area contributed by atoms with Crippen LogP contribution in [-0.4, -0.2) is 47.3 Å². The number of carbonyl (C=O) groups is 1. The topological polar surface area (TPSA) is 77.4 Å². The number of nitrogens with zero attached hydrogens (tertiary/aromatic N) is 2. The summed E-state index contributed by atoms with van der Waals surface area (Å²) < 4.78 is 13.3.